The summed E-state index contributed by atoms with van der Waals surface area (Å²) in [6, 6.07) is 3.95. The van der Waals surface area contributed by atoms with Gasteiger partial charge in [0.05, 0.1) is 14.2 Å². The highest BCUT2D eigenvalue weighted by Gasteiger charge is 2.23. The van der Waals surface area contributed by atoms with Gasteiger partial charge in [-0.1, -0.05) is 27.5 Å². The summed E-state index contributed by atoms with van der Waals surface area (Å²) in [6.07, 6.45) is 0. The molecule has 0 saturated heterocycles. The highest BCUT2D eigenvalue weighted by molar-refractivity contribution is 9.11. The lowest BCUT2D eigenvalue weighted by Crippen LogP contribution is -1.99. The van der Waals surface area contributed by atoms with Crippen molar-refractivity contribution in [3.05, 3.63) is 53.6 Å². The van der Waals surface area contributed by atoms with Crippen molar-refractivity contribution in [1.82, 2.24) is 0 Å². The van der Waals surface area contributed by atoms with Gasteiger partial charge in [0.1, 0.15) is 11.6 Å². The lowest BCUT2D eigenvalue weighted by atomic mass is 10.1. The van der Waals surface area contributed by atoms with Crippen molar-refractivity contribution in [3.8, 4) is 0 Å². The maximum absolute atomic E-state index is 13.8. The van der Waals surface area contributed by atoms with E-state index in [2.05, 4.69) is 31.9 Å². The molecule has 0 aliphatic heterocycles. The minimum absolute atomic E-state index is 0.176. The second kappa shape index (κ2) is 5.75. The molecule has 2 rings (SSSR count). The van der Waals surface area contributed by atoms with Crippen molar-refractivity contribution in [2.75, 3.05) is 0 Å². The molecule has 7 heteroatoms. The summed E-state index contributed by atoms with van der Waals surface area (Å²) in [7, 11) is 0. The van der Waals surface area contributed by atoms with Crippen LogP contribution in [0.25, 0.3) is 0 Å². The van der Waals surface area contributed by atoms with E-state index in [0.29, 0.717) is 18.2 Å². The van der Waals surface area contributed by atoms with E-state index in [4.69, 9.17) is 23.2 Å². The van der Waals surface area contributed by atoms with E-state index in [1.165, 1.54) is 23.5 Å². The Kier molecular flexibility index (Phi) is 4.70. The molecule has 1 unspecified atom stereocenters. The molecule has 18 heavy (non-hydrogen) atoms. The van der Waals surface area contributed by atoms with Gasteiger partial charge in [0.2, 0.25) is 0 Å². The van der Waals surface area contributed by atoms with Gasteiger partial charge in [0, 0.05) is 14.9 Å². The molecule has 2 aromatic rings. The van der Waals surface area contributed by atoms with Gasteiger partial charge in [-0.3, -0.25) is 0 Å². The molecule has 0 N–H and O–H groups in total. The topological polar surface area (TPSA) is 0 Å². The van der Waals surface area contributed by atoms with Gasteiger partial charge in [-0.25, -0.2) is 8.78 Å². The summed E-state index contributed by atoms with van der Waals surface area (Å²) in [5.74, 6) is -1.38. The molecule has 96 valence electrons. The predicted molar refractivity (Wildman–Crippen MR) is 78.8 cm³/mol. The van der Waals surface area contributed by atoms with Crippen LogP contribution in [0.2, 0.25) is 5.02 Å². The Morgan fingerprint density at radius 2 is 1.67 bits per heavy atom. The van der Waals surface area contributed by atoms with Crippen LogP contribution in [0, 0.1) is 11.6 Å². The van der Waals surface area contributed by atoms with Crippen LogP contribution in [0.15, 0.2) is 26.5 Å². The van der Waals surface area contributed by atoms with Crippen LogP contribution in [0.4, 0.5) is 8.78 Å². The Balaban J connectivity index is 2.49. The fourth-order valence-electron chi connectivity index (χ4n) is 1.43. The second-order valence-electron chi connectivity index (χ2n) is 3.42. The molecule has 0 aliphatic rings. The molecule has 0 fully saturated rings. The Labute approximate surface area is 133 Å². The maximum Gasteiger partial charge on any atom is 0.132 e. The number of hydrogen-bond donors (Lipinski definition) is 0. The van der Waals surface area contributed by atoms with Crippen LogP contribution in [0.1, 0.15) is 15.8 Å². The molecule has 0 aliphatic carbocycles. The predicted octanol–water partition coefficient (Wildman–Crippen LogP) is 6.53. The summed E-state index contributed by atoms with van der Waals surface area (Å²) in [5, 5.41) is -0.439. The molecule has 0 amide bonds. The van der Waals surface area contributed by atoms with E-state index >= 15 is 0 Å². The molecule has 1 aromatic heterocycles. The molecular formula is C11H4Br2Cl2F2S. The van der Waals surface area contributed by atoms with E-state index in [9.17, 15) is 8.78 Å². The third-order valence-electron chi connectivity index (χ3n) is 2.21. The molecule has 1 heterocycles. The largest absolute Gasteiger partial charge is 0.206 e. The summed E-state index contributed by atoms with van der Waals surface area (Å²) < 4.78 is 28.5. The second-order valence-corrected chi connectivity index (χ2v) is 7.58. The first-order chi connectivity index (χ1) is 8.40. The summed E-state index contributed by atoms with van der Waals surface area (Å²) >= 11 is 19.5. The summed E-state index contributed by atoms with van der Waals surface area (Å²) in [5.41, 5.74) is -0.176. The van der Waals surface area contributed by atoms with E-state index in [1.54, 1.807) is 6.07 Å². The van der Waals surface area contributed by atoms with Gasteiger partial charge in [0.25, 0.3) is 0 Å². The smallest absolute Gasteiger partial charge is 0.132 e. The Hall–Kier alpha value is 0.320. The standard InChI is InChI=1S/C11H4Br2Cl2F2S/c12-4-1-6(16)9(7(17)2-4)10(15)8-3-5(14)11(13)18-8/h1-3,10H. The first-order valence-corrected chi connectivity index (χ1v) is 7.85. The quantitative estimate of drug-likeness (QED) is 0.469. The van der Waals surface area contributed by atoms with Crippen LogP contribution in [0.5, 0.6) is 0 Å². The zero-order valence-electron chi connectivity index (χ0n) is 8.49. The molecular weight excluding hydrogens is 433 g/mol. The normalized spacial score (nSPS) is 12.8. The molecule has 0 saturated carbocycles. The van der Waals surface area contributed by atoms with Gasteiger partial charge in [-0.15, -0.1) is 22.9 Å². The van der Waals surface area contributed by atoms with Crippen molar-refractivity contribution in [2.45, 2.75) is 5.38 Å². The van der Waals surface area contributed by atoms with E-state index < -0.39 is 17.0 Å². The van der Waals surface area contributed by atoms with Crippen LogP contribution >= 0.6 is 66.4 Å². The lowest BCUT2D eigenvalue weighted by Gasteiger charge is -2.10. The minimum Gasteiger partial charge on any atom is -0.206 e. The zero-order chi connectivity index (χ0) is 13.4. The third kappa shape index (κ3) is 2.90. The van der Waals surface area contributed by atoms with Crippen LogP contribution in [-0.4, -0.2) is 0 Å². The molecule has 0 nitrogen and oxygen atoms in total. The first kappa shape index (κ1) is 14.7. The van der Waals surface area contributed by atoms with E-state index in [0.717, 1.165) is 0 Å². The molecule has 1 atom stereocenters. The fourth-order valence-corrected chi connectivity index (χ4v) is 3.97. The maximum atomic E-state index is 13.8. The SMILES string of the molecule is Fc1cc(Br)cc(F)c1C(Cl)c1cc(Cl)c(Br)s1. The Morgan fingerprint density at radius 3 is 2.11 bits per heavy atom. The summed E-state index contributed by atoms with van der Waals surface area (Å²) in [4.78, 5) is 0.577. The van der Waals surface area contributed by atoms with Crippen molar-refractivity contribution in [1.29, 1.82) is 0 Å². The first-order valence-electron chi connectivity index (χ1n) is 4.63. The van der Waals surface area contributed by atoms with Crippen LogP contribution in [0.3, 0.4) is 0 Å². The molecule has 0 radical (unpaired) electrons. The van der Waals surface area contributed by atoms with Gasteiger partial charge in [0.15, 0.2) is 0 Å². The van der Waals surface area contributed by atoms with Gasteiger partial charge < -0.3 is 0 Å². The molecule has 0 spiro atoms. The highest BCUT2D eigenvalue weighted by Crippen LogP contribution is 2.42. The lowest BCUT2D eigenvalue weighted by molar-refractivity contribution is 0.558. The minimum atomic E-state index is -0.910. The zero-order valence-corrected chi connectivity index (χ0v) is 14.0. The highest BCUT2D eigenvalue weighted by atomic mass is 79.9. The van der Waals surface area contributed by atoms with Gasteiger partial charge in [-0.2, -0.15) is 0 Å². The van der Waals surface area contributed by atoms with Crippen LogP contribution < -0.4 is 0 Å². The van der Waals surface area contributed by atoms with Gasteiger partial charge >= 0.3 is 0 Å². The average Bonchev–Trinajstić information content (AvgIpc) is 2.57. The average molecular weight is 437 g/mol. The monoisotopic (exact) mass is 434 g/mol. The number of rotatable bonds is 2. The Bertz CT molecular complexity index is 558. The molecule has 1 aromatic carbocycles. The number of halogens is 6. The Morgan fingerprint density at radius 1 is 1.11 bits per heavy atom. The fraction of sp³-hybridized carbons (Fsp3) is 0.0909. The van der Waals surface area contributed by atoms with Gasteiger partial charge in [-0.05, 0) is 34.1 Å². The summed E-state index contributed by atoms with van der Waals surface area (Å²) in [6.45, 7) is 0. The van der Waals surface area contributed by atoms with Crippen LogP contribution in [-0.2, 0) is 0 Å². The van der Waals surface area contributed by atoms with Crippen molar-refractivity contribution in [3.63, 3.8) is 0 Å². The number of hydrogen-bond acceptors (Lipinski definition) is 1. The van der Waals surface area contributed by atoms with E-state index in [1.807, 2.05) is 0 Å². The van der Waals surface area contributed by atoms with Crippen molar-refractivity contribution in [2.24, 2.45) is 0 Å². The number of thiophene rings is 1. The third-order valence-corrected chi connectivity index (χ3v) is 5.79. The number of alkyl halides is 1. The number of benzene rings is 1. The van der Waals surface area contributed by atoms with Crippen molar-refractivity contribution >= 4 is 66.4 Å². The van der Waals surface area contributed by atoms with E-state index in [-0.39, 0.29) is 5.56 Å². The molecule has 0 bridgehead atoms. The van der Waals surface area contributed by atoms with Crippen molar-refractivity contribution < 1.29 is 8.78 Å².